The summed E-state index contributed by atoms with van der Waals surface area (Å²) in [5, 5.41) is 16.9. The van der Waals surface area contributed by atoms with E-state index >= 15 is 0 Å². The monoisotopic (exact) mass is 374 g/mol. The van der Waals surface area contributed by atoms with Gasteiger partial charge < -0.3 is 14.5 Å². The van der Waals surface area contributed by atoms with Crippen LogP contribution in [0.4, 0.5) is 10.7 Å². The molecule has 142 valence electrons. The number of furan rings is 1. The number of nitrogens with one attached hydrogen (secondary N) is 2. The summed E-state index contributed by atoms with van der Waals surface area (Å²) in [7, 11) is 0. The van der Waals surface area contributed by atoms with Gasteiger partial charge in [-0.25, -0.2) is 10.2 Å². The van der Waals surface area contributed by atoms with Gasteiger partial charge in [0.05, 0.1) is 31.4 Å². The zero-order valence-corrected chi connectivity index (χ0v) is 14.5. The maximum absolute atomic E-state index is 12.1. The SMILES string of the molecule is CCOC(=O)N[C@@H](CC(=O)N/N=C\c1ccc([N+](=O)[O-])o1)c1ccccc1. The van der Waals surface area contributed by atoms with Crippen LogP contribution in [0.5, 0.6) is 0 Å². The highest BCUT2D eigenvalue weighted by Gasteiger charge is 2.19. The predicted octanol–water partition coefficient (Wildman–Crippen LogP) is 2.52. The molecule has 2 aromatic rings. The fourth-order valence-electron chi connectivity index (χ4n) is 2.16. The molecule has 0 fully saturated rings. The zero-order valence-electron chi connectivity index (χ0n) is 14.5. The van der Waals surface area contributed by atoms with Gasteiger partial charge in [0.2, 0.25) is 5.91 Å². The van der Waals surface area contributed by atoms with Crippen molar-refractivity contribution in [3.05, 3.63) is 63.9 Å². The lowest BCUT2D eigenvalue weighted by Crippen LogP contribution is -2.33. The summed E-state index contributed by atoms with van der Waals surface area (Å²) in [5.74, 6) is -0.783. The molecule has 1 aromatic carbocycles. The van der Waals surface area contributed by atoms with Crippen molar-refractivity contribution in [3.63, 3.8) is 0 Å². The molecule has 2 N–H and O–H groups in total. The topological polar surface area (TPSA) is 136 Å². The molecule has 0 bridgehead atoms. The molecule has 1 aromatic heterocycles. The summed E-state index contributed by atoms with van der Waals surface area (Å²) in [6.07, 6.45) is 0.421. The Morgan fingerprint density at radius 3 is 2.67 bits per heavy atom. The lowest BCUT2D eigenvalue weighted by Gasteiger charge is -2.17. The second kappa shape index (κ2) is 9.70. The van der Waals surface area contributed by atoms with Gasteiger partial charge in [0, 0.05) is 0 Å². The number of nitrogens with zero attached hydrogens (tertiary/aromatic N) is 2. The normalized spacial score (nSPS) is 11.7. The fourth-order valence-corrected chi connectivity index (χ4v) is 2.16. The van der Waals surface area contributed by atoms with Gasteiger partial charge in [-0.3, -0.25) is 14.9 Å². The van der Waals surface area contributed by atoms with Crippen LogP contribution >= 0.6 is 0 Å². The van der Waals surface area contributed by atoms with Crippen LogP contribution in [-0.2, 0) is 9.53 Å². The van der Waals surface area contributed by atoms with E-state index in [0.29, 0.717) is 0 Å². The van der Waals surface area contributed by atoms with E-state index in [1.54, 1.807) is 31.2 Å². The second-order valence-corrected chi connectivity index (χ2v) is 5.26. The molecule has 0 aliphatic rings. The summed E-state index contributed by atoms with van der Waals surface area (Å²) in [4.78, 5) is 33.7. The number of ether oxygens (including phenoxy) is 1. The molecule has 0 unspecified atom stereocenters. The van der Waals surface area contributed by atoms with Crippen molar-refractivity contribution in [1.29, 1.82) is 0 Å². The molecule has 0 aliphatic carbocycles. The van der Waals surface area contributed by atoms with E-state index in [4.69, 9.17) is 9.15 Å². The van der Waals surface area contributed by atoms with Crippen LogP contribution in [0.3, 0.4) is 0 Å². The Balaban J connectivity index is 1.96. The highest BCUT2D eigenvalue weighted by molar-refractivity contribution is 5.81. The van der Waals surface area contributed by atoms with Gasteiger partial charge in [0.1, 0.15) is 4.92 Å². The highest BCUT2D eigenvalue weighted by atomic mass is 16.6. The summed E-state index contributed by atoms with van der Waals surface area (Å²) in [5.41, 5.74) is 3.01. The van der Waals surface area contributed by atoms with Gasteiger partial charge in [-0.1, -0.05) is 30.3 Å². The van der Waals surface area contributed by atoms with E-state index in [-0.39, 0.29) is 18.8 Å². The van der Waals surface area contributed by atoms with Gasteiger partial charge in [-0.2, -0.15) is 5.10 Å². The number of hydrogen-bond donors (Lipinski definition) is 2. The number of hydrogen-bond acceptors (Lipinski definition) is 7. The van der Waals surface area contributed by atoms with E-state index in [0.717, 1.165) is 11.8 Å². The number of carbonyl (C=O) groups excluding carboxylic acids is 2. The van der Waals surface area contributed by atoms with Gasteiger partial charge >= 0.3 is 12.0 Å². The minimum absolute atomic E-state index is 0.0849. The fraction of sp³-hybridized carbons (Fsp3) is 0.235. The first kappa shape index (κ1) is 19.6. The lowest BCUT2D eigenvalue weighted by molar-refractivity contribution is -0.402. The molecular weight excluding hydrogens is 356 g/mol. The van der Waals surface area contributed by atoms with Gasteiger partial charge in [-0.15, -0.1) is 0 Å². The number of carbonyl (C=O) groups is 2. The maximum Gasteiger partial charge on any atom is 0.433 e. The van der Waals surface area contributed by atoms with Gasteiger partial charge in [-0.05, 0) is 18.6 Å². The third kappa shape index (κ3) is 6.27. The molecule has 0 saturated carbocycles. The highest BCUT2D eigenvalue weighted by Crippen LogP contribution is 2.17. The largest absolute Gasteiger partial charge is 0.450 e. The van der Waals surface area contributed by atoms with Crippen LogP contribution in [-0.4, -0.2) is 29.7 Å². The van der Waals surface area contributed by atoms with Crippen molar-refractivity contribution in [2.24, 2.45) is 5.10 Å². The summed E-state index contributed by atoms with van der Waals surface area (Å²) in [6.45, 7) is 1.89. The first-order chi connectivity index (χ1) is 13.0. The zero-order chi connectivity index (χ0) is 19.6. The molecule has 0 radical (unpaired) electrons. The van der Waals surface area contributed by atoms with E-state index in [2.05, 4.69) is 15.8 Å². The van der Waals surface area contributed by atoms with Crippen molar-refractivity contribution in [3.8, 4) is 0 Å². The van der Waals surface area contributed by atoms with E-state index < -0.39 is 28.8 Å². The molecule has 1 atom stereocenters. The number of alkyl carbamates (subject to hydrolysis) is 1. The van der Waals surface area contributed by atoms with Crippen molar-refractivity contribution in [2.45, 2.75) is 19.4 Å². The minimum Gasteiger partial charge on any atom is -0.450 e. The van der Waals surface area contributed by atoms with E-state index in [1.807, 2.05) is 6.07 Å². The van der Waals surface area contributed by atoms with Crippen LogP contribution in [0.25, 0.3) is 0 Å². The van der Waals surface area contributed by atoms with Crippen LogP contribution in [0, 0.1) is 10.1 Å². The Bertz CT molecular complexity index is 818. The average molecular weight is 374 g/mol. The van der Waals surface area contributed by atoms with Gasteiger partial charge in [0.25, 0.3) is 0 Å². The van der Waals surface area contributed by atoms with Gasteiger partial charge in [0.15, 0.2) is 5.76 Å². The molecule has 0 saturated heterocycles. The molecule has 0 spiro atoms. The molecule has 27 heavy (non-hydrogen) atoms. The summed E-state index contributed by atoms with van der Waals surface area (Å²) < 4.78 is 9.74. The molecule has 0 aliphatic heterocycles. The lowest BCUT2D eigenvalue weighted by atomic mass is 10.0. The molecule has 2 rings (SSSR count). The number of amides is 2. The standard InChI is InChI=1S/C17H18N4O6/c1-2-26-17(23)19-14(12-6-4-3-5-7-12)10-15(22)20-18-11-13-8-9-16(27-13)21(24)25/h3-9,11,14H,2,10H2,1H3,(H,19,23)(H,20,22)/b18-11-/t14-/m0/s1. The Morgan fingerprint density at radius 1 is 1.30 bits per heavy atom. The van der Waals surface area contributed by atoms with Crippen LogP contribution in [0.2, 0.25) is 0 Å². The minimum atomic E-state index is -0.679. The maximum atomic E-state index is 12.1. The van der Waals surface area contributed by atoms with Crippen molar-refractivity contribution in [1.82, 2.24) is 10.7 Å². The number of rotatable bonds is 8. The molecule has 2 amide bonds. The smallest absolute Gasteiger partial charge is 0.433 e. The Labute approximate surface area is 154 Å². The molecule has 10 nitrogen and oxygen atoms in total. The van der Waals surface area contributed by atoms with Crippen LogP contribution < -0.4 is 10.7 Å². The average Bonchev–Trinajstić information content (AvgIpc) is 3.11. The molecular formula is C17H18N4O6. The Hall–Kier alpha value is -3.69. The number of hydrazone groups is 1. The predicted molar refractivity (Wildman–Crippen MR) is 95.1 cm³/mol. The number of nitro groups is 1. The summed E-state index contributed by atoms with van der Waals surface area (Å²) >= 11 is 0. The third-order valence-corrected chi connectivity index (χ3v) is 3.33. The third-order valence-electron chi connectivity index (χ3n) is 3.33. The van der Waals surface area contributed by atoms with Crippen LogP contribution in [0.1, 0.15) is 30.7 Å². The Morgan fingerprint density at radius 2 is 2.04 bits per heavy atom. The molecule has 10 heteroatoms. The van der Waals surface area contributed by atoms with E-state index in [1.165, 1.54) is 12.1 Å². The van der Waals surface area contributed by atoms with Crippen LogP contribution in [0.15, 0.2) is 52.0 Å². The van der Waals surface area contributed by atoms with Crippen molar-refractivity contribution in [2.75, 3.05) is 6.61 Å². The summed E-state index contributed by atoms with van der Waals surface area (Å²) in [6, 6.07) is 10.9. The quantitative estimate of drug-likeness (QED) is 0.414. The second-order valence-electron chi connectivity index (χ2n) is 5.26. The molecule has 1 heterocycles. The first-order valence-corrected chi connectivity index (χ1v) is 8.04. The Kier molecular flexibility index (Phi) is 7.06. The van der Waals surface area contributed by atoms with E-state index in [9.17, 15) is 19.7 Å². The first-order valence-electron chi connectivity index (χ1n) is 8.04. The van der Waals surface area contributed by atoms with Crippen molar-refractivity contribution < 1.29 is 23.7 Å². The number of benzene rings is 1. The van der Waals surface area contributed by atoms with Crippen molar-refractivity contribution >= 4 is 24.1 Å².